The minimum atomic E-state index is -0.371. The Kier molecular flexibility index (Phi) is 4.35. The number of halogens is 2. The van der Waals surface area contributed by atoms with Crippen molar-refractivity contribution in [2.24, 2.45) is 0 Å². The summed E-state index contributed by atoms with van der Waals surface area (Å²) in [5, 5.41) is 3.67. The average molecular weight is 294 g/mol. The molecule has 0 atom stereocenters. The number of nitrogens with one attached hydrogen (secondary N) is 1. The van der Waals surface area contributed by atoms with Crippen molar-refractivity contribution in [2.75, 3.05) is 0 Å². The monoisotopic (exact) mass is 293 g/mol. The van der Waals surface area contributed by atoms with Crippen LogP contribution >= 0.6 is 11.6 Å². The van der Waals surface area contributed by atoms with Crippen LogP contribution in [0.25, 0.3) is 11.4 Å². The number of benzene rings is 1. The van der Waals surface area contributed by atoms with Crippen LogP contribution in [-0.2, 0) is 6.54 Å². The van der Waals surface area contributed by atoms with E-state index in [0.29, 0.717) is 23.0 Å². The fourth-order valence-electron chi connectivity index (χ4n) is 1.62. The van der Waals surface area contributed by atoms with Gasteiger partial charge in [-0.1, -0.05) is 11.6 Å². The maximum Gasteiger partial charge on any atom is 0.160 e. The molecule has 2 rings (SSSR count). The first kappa shape index (κ1) is 14.9. The van der Waals surface area contributed by atoms with Crippen molar-refractivity contribution in [3.63, 3.8) is 0 Å². The predicted octanol–water partition coefficient (Wildman–Crippen LogP) is 3.82. The summed E-state index contributed by atoms with van der Waals surface area (Å²) in [4.78, 5) is 8.56. The normalized spacial score (nSPS) is 11.7. The van der Waals surface area contributed by atoms with Gasteiger partial charge >= 0.3 is 0 Å². The molecule has 106 valence electrons. The van der Waals surface area contributed by atoms with Gasteiger partial charge in [-0.3, -0.25) is 0 Å². The lowest BCUT2D eigenvalue weighted by Gasteiger charge is -2.20. The molecule has 0 aliphatic heterocycles. The third kappa shape index (κ3) is 3.99. The van der Waals surface area contributed by atoms with Gasteiger partial charge in [0.2, 0.25) is 0 Å². The molecule has 1 aromatic carbocycles. The number of hydrogen-bond donors (Lipinski definition) is 1. The van der Waals surface area contributed by atoms with Gasteiger partial charge in [-0.15, -0.1) is 0 Å². The fraction of sp³-hybridized carbons (Fsp3) is 0.333. The van der Waals surface area contributed by atoms with Crippen molar-refractivity contribution < 1.29 is 4.39 Å². The van der Waals surface area contributed by atoms with Crippen LogP contribution in [0.5, 0.6) is 0 Å². The Hall–Kier alpha value is -1.52. The van der Waals surface area contributed by atoms with Gasteiger partial charge in [0.15, 0.2) is 5.82 Å². The lowest BCUT2D eigenvalue weighted by Crippen LogP contribution is -2.35. The van der Waals surface area contributed by atoms with Crippen LogP contribution in [0.4, 0.5) is 4.39 Å². The highest BCUT2D eigenvalue weighted by Crippen LogP contribution is 2.25. The van der Waals surface area contributed by atoms with Gasteiger partial charge in [0, 0.05) is 35.6 Å². The summed E-state index contributed by atoms with van der Waals surface area (Å²) in [5.74, 6) is 0.124. The molecule has 0 aliphatic rings. The fourth-order valence-corrected chi connectivity index (χ4v) is 1.87. The van der Waals surface area contributed by atoms with E-state index in [1.165, 1.54) is 12.1 Å². The Morgan fingerprint density at radius 1 is 1.20 bits per heavy atom. The molecule has 1 N–H and O–H groups in total. The maximum absolute atomic E-state index is 13.0. The van der Waals surface area contributed by atoms with Crippen molar-refractivity contribution in [3.8, 4) is 11.4 Å². The van der Waals surface area contributed by atoms with Gasteiger partial charge in [0.05, 0.1) is 5.02 Å². The Balaban J connectivity index is 2.15. The van der Waals surface area contributed by atoms with E-state index in [-0.39, 0.29) is 11.4 Å². The Labute approximate surface area is 123 Å². The van der Waals surface area contributed by atoms with Crippen molar-refractivity contribution in [1.29, 1.82) is 0 Å². The molecule has 0 aliphatic carbocycles. The van der Waals surface area contributed by atoms with Crippen molar-refractivity contribution >= 4 is 11.6 Å². The molecule has 2 aromatic rings. The number of hydrogen-bond acceptors (Lipinski definition) is 3. The number of nitrogens with zero attached hydrogens (tertiary/aromatic N) is 2. The van der Waals surface area contributed by atoms with E-state index in [0.717, 1.165) is 5.56 Å². The summed E-state index contributed by atoms with van der Waals surface area (Å²) < 4.78 is 13.0. The van der Waals surface area contributed by atoms with Gasteiger partial charge in [0.25, 0.3) is 0 Å². The Bertz CT molecular complexity index is 591. The molecule has 0 radical (unpaired) electrons. The van der Waals surface area contributed by atoms with Crippen LogP contribution in [-0.4, -0.2) is 15.5 Å². The average Bonchev–Trinajstić information content (AvgIpc) is 2.36. The molecule has 1 heterocycles. The molecule has 0 saturated carbocycles. The Morgan fingerprint density at radius 3 is 2.40 bits per heavy atom. The van der Waals surface area contributed by atoms with E-state index in [2.05, 4.69) is 36.1 Å². The highest BCUT2D eigenvalue weighted by molar-refractivity contribution is 6.33. The maximum atomic E-state index is 13.0. The first-order valence-electron chi connectivity index (χ1n) is 6.36. The number of aromatic nitrogens is 2. The van der Waals surface area contributed by atoms with Crippen molar-refractivity contribution in [1.82, 2.24) is 15.3 Å². The summed E-state index contributed by atoms with van der Waals surface area (Å²) in [6, 6.07) is 4.19. The standard InChI is InChI=1S/C15H17ClFN3/c1-15(2,3)20-9-10-7-18-14(19-8-10)12-5-4-11(17)6-13(12)16/h4-8,20H,9H2,1-3H3. The zero-order chi connectivity index (χ0) is 14.8. The molecule has 3 nitrogen and oxygen atoms in total. The molecule has 0 saturated heterocycles. The molecule has 0 bridgehead atoms. The molecule has 0 amide bonds. The summed E-state index contributed by atoms with van der Waals surface area (Å²) >= 11 is 5.99. The summed E-state index contributed by atoms with van der Waals surface area (Å²) in [7, 11) is 0. The second-order valence-electron chi connectivity index (χ2n) is 5.64. The highest BCUT2D eigenvalue weighted by atomic mass is 35.5. The zero-order valence-electron chi connectivity index (χ0n) is 11.7. The van der Waals surface area contributed by atoms with Crippen LogP contribution < -0.4 is 5.32 Å². The first-order chi connectivity index (χ1) is 9.35. The zero-order valence-corrected chi connectivity index (χ0v) is 12.5. The predicted molar refractivity (Wildman–Crippen MR) is 79.0 cm³/mol. The molecule has 20 heavy (non-hydrogen) atoms. The number of rotatable bonds is 3. The van der Waals surface area contributed by atoms with E-state index in [1.807, 2.05) is 0 Å². The Morgan fingerprint density at radius 2 is 1.85 bits per heavy atom. The summed E-state index contributed by atoms with van der Waals surface area (Å²) in [6.45, 7) is 6.99. The third-order valence-corrected chi connectivity index (χ3v) is 3.01. The smallest absolute Gasteiger partial charge is 0.160 e. The topological polar surface area (TPSA) is 37.8 Å². The second-order valence-corrected chi connectivity index (χ2v) is 6.05. The quantitative estimate of drug-likeness (QED) is 0.935. The third-order valence-electron chi connectivity index (χ3n) is 2.70. The van der Waals surface area contributed by atoms with Gasteiger partial charge < -0.3 is 5.32 Å². The van der Waals surface area contributed by atoms with Crippen LogP contribution in [0, 0.1) is 5.82 Å². The largest absolute Gasteiger partial charge is 0.308 e. The van der Waals surface area contributed by atoms with E-state index >= 15 is 0 Å². The molecule has 5 heteroatoms. The van der Waals surface area contributed by atoms with E-state index in [4.69, 9.17) is 11.6 Å². The lowest BCUT2D eigenvalue weighted by atomic mass is 10.1. The van der Waals surface area contributed by atoms with Gasteiger partial charge in [-0.25, -0.2) is 14.4 Å². The van der Waals surface area contributed by atoms with E-state index < -0.39 is 0 Å². The van der Waals surface area contributed by atoms with Gasteiger partial charge in [-0.05, 0) is 39.0 Å². The van der Waals surface area contributed by atoms with E-state index in [9.17, 15) is 4.39 Å². The molecular formula is C15H17ClFN3. The second kappa shape index (κ2) is 5.85. The summed E-state index contributed by atoms with van der Waals surface area (Å²) in [5.41, 5.74) is 1.66. The molecular weight excluding hydrogens is 277 g/mol. The van der Waals surface area contributed by atoms with Gasteiger partial charge in [0.1, 0.15) is 5.82 Å². The first-order valence-corrected chi connectivity index (χ1v) is 6.74. The lowest BCUT2D eigenvalue weighted by molar-refractivity contribution is 0.423. The van der Waals surface area contributed by atoms with Crippen LogP contribution in [0.3, 0.4) is 0 Å². The summed E-state index contributed by atoms with van der Waals surface area (Å²) in [6.07, 6.45) is 3.50. The molecule has 0 spiro atoms. The van der Waals surface area contributed by atoms with Crippen molar-refractivity contribution in [2.45, 2.75) is 32.9 Å². The molecule has 1 aromatic heterocycles. The molecule has 0 fully saturated rings. The minimum Gasteiger partial charge on any atom is -0.308 e. The minimum absolute atomic E-state index is 0.0406. The SMILES string of the molecule is CC(C)(C)NCc1cnc(-c2ccc(F)cc2Cl)nc1. The van der Waals surface area contributed by atoms with Crippen LogP contribution in [0.1, 0.15) is 26.3 Å². The van der Waals surface area contributed by atoms with Crippen molar-refractivity contribution in [3.05, 3.63) is 47.0 Å². The molecule has 0 unspecified atom stereocenters. The van der Waals surface area contributed by atoms with Crippen LogP contribution in [0.15, 0.2) is 30.6 Å². The van der Waals surface area contributed by atoms with E-state index in [1.54, 1.807) is 18.5 Å². The van der Waals surface area contributed by atoms with Gasteiger partial charge in [-0.2, -0.15) is 0 Å². The highest BCUT2D eigenvalue weighted by Gasteiger charge is 2.10. The van der Waals surface area contributed by atoms with Crippen LogP contribution in [0.2, 0.25) is 5.02 Å².